The van der Waals surface area contributed by atoms with Gasteiger partial charge in [-0.3, -0.25) is 4.79 Å². The SMILES string of the molecule is O=C(c1cc2cc(Cl)ccc2[nH]1)N1CC[C@@H](n2cnc3ccccc32)C1. The van der Waals surface area contributed by atoms with Crippen molar-refractivity contribution in [2.75, 3.05) is 13.1 Å². The van der Waals surface area contributed by atoms with Crippen LogP contribution in [0.5, 0.6) is 0 Å². The van der Waals surface area contributed by atoms with Crippen LogP contribution in [0.2, 0.25) is 5.02 Å². The predicted octanol–water partition coefficient (Wildman–Crippen LogP) is 4.26. The van der Waals surface area contributed by atoms with E-state index in [1.54, 1.807) is 0 Å². The first-order valence-electron chi connectivity index (χ1n) is 8.68. The van der Waals surface area contributed by atoms with Crippen LogP contribution in [0.3, 0.4) is 0 Å². The normalized spacial score (nSPS) is 17.4. The zero-order valence-electron chi connectivity index (χ0n) is 14.0. The molecular formula is C20H17ClN4O. The van der Waals surface area contributed by atoms with Crippen molar-refractivity contribution < 1.29 is 4.79 Å². The summed E-state index contributed by atoms with van der Waals surface area (Å²) in [6.07, 6.45) is 2.81. The molecule has 1 saturated heterocycles. The largest absolute Gasteiger partial charge is 0.351 e. The lowest BCUT2D eigenvalue weighted by atomic mass is 10.2. The van der Waals surface area contributed by atoms with E-state index in [1.165, 1.54) is 0 Å². The molecule has 1 atom stereocenters. The summed E-state index contributed by atoms with van der Waals surface area (Å²) >= 11 is 6.04. The highest BCUT2D eigenvalue weighted by atomic mass is 35.5. The predicted molar refractivity (Wildman–Crippen MR) is 103 cm³/mol. The number of para-hydroxylation sites is 2. The summed E-state index contributed by atoms with van der Waals surface area (Å²) in [5.41, 5.74) is 3.64. The smallest absolute Gasteiger partial charge is 0.270 e. The van der Waals surface area contributed by atoms with Crippen molar-refractivity contribution in [3.05, 3.63) is 65.6 Å². The second-order valence-corrected chi connectivity index (χ2v) is 7.19. The fourth-order valence-electron chi connectivity index (χ4n) is 3.81. The minimum absolute atomic E-state index is 0.0317. The van der Waals surface area contributed by atoms with Crippen LogP contribution >= 0.6 is 11.6 Å². The molecule has 5 nitrogen and oxygen atoms in total. The highest BCUT2D eigenvalue weighted by molar-refractivity contribution is 6.31. The van der Waals surface area contributed by atoms with Gasteiger partial charge in [0.05, 0.1) is 23.4 Å². The molecule has 5 rings (SSSR count). The van der Waals surface area contributed by atoms with Crippen LogP contribution in [0.25, 0.3) is 21.9 Å². The number of amides is 1. The lowest BCUT2D eigenvalue weighted by Crippen LogP contribution is -2.29. The molecule has 130 valence electrons. The van der Waals surface area contributed by atoms with Gasteiger partial charge in [0.15, 0.2) is 0 Å². The number of likely N-dealkylation sites (tertiary alicyclic amines) is 1. The molecule has 1 aliphatic heterocycles. The third kappa shape index (κ3) is 2.47. The number of hydrogen-bond acceptors (Lipinski definition) is 2. The van der Waals surface area contributed by atoms with Crippen molar-refractivity contribution in [1.82, 2.24) is 19.4 Å². The van der Waals surface area contributed by atoms with Crippen molar-refractivity contribution in [2.45, 2.75) is 12.5 Å². The standard InChI is InChI=1S/C20H17ClN4O/c21-14-5-6-16-13(9-14)10-18(23-16)20(26)24-8-7-15(11-24)25-12-22-17-3-1-2-4-19(17)25/h1-6,9-10,12,15,23H,7-8,11H2/t15-/m1/s1. The van der Waals surface area contributed by atoms with E-state index in [4.69, 9.17) is 11.6 Å². The lowest BCUT2D eigenvalue weighted by Gasteiger charge is -2.16. The first-order valence-corrected chi connectivity index (χ1v) is 9.06. The third-order valence-corrected chi connectivity index (χ3v) is 5.37. The number of halogens is 1. The van der Waals surface area contributed by atoms with Crippen LogP contribution in [-0.2, 0) is 0 Å². The molecular weight excluding hydrogens is 348 g/mol. The first kappa shape index (κ1) is 15.5. The molecule has 2 aromatic carbocycles. The number of nitrogens with zero attached hydrogens (tertiary/aromatic N) is 3. The van der Waals surface area contributed by atoms with E-state index in [1.807, 2.05) is 53.7 Å². The van der Waals surface area contributed by atoms with Crippen molar-refractivity contribution in [1.29, 1.82) is 0 Å². The summed E-state index contributed by atoms with van der Waals surface area (Å²) in [6.45, 7) is 1.43. The Morgan fingerprint density at radius 1 is 1.19 bits per heavy atom. The number of benzene rings is 2. The average Bonchev–Trinajstić information content (AvgIpc) is 3.37. The number of hydrogen-bond donors (Lipinski definition) is 1. The molecule has 1 aliphatic rings. The average molecular weight is 365 g/mol. The number of aromatic nitrogens is 3. The van der Waals surface area contributed by atoms with Crippen molar-refractivity contribution in [2.24, 2.45) is 0 Å². The van der Waals surface area contributed by atoms with E-state index in [9.17, 15) is 4.79 Å². The Morgan fingerprint density at radius 2 is 2.08 bits per heavy atom. The zero-order valence-corrected chi connectivity index (χ0v) is 14.8. The highest BCUT2D eigenvalue weighted by Crippen LogP contribution is 2.28. The fourth-order valence-corrected chi connectivity index (χ4v) is 3.99. The Hall–Kier alpha value is -2.79. The van der Waals surface area contributed by atoms with Gasteiger partial charge in [0.2, 0.25) is 0 Å². The molecule has 1 fully saturated rings. The molecule has 1 amide bonds. The number of carbonyl (C=O) groups excluding carboxylic acids is 1. The maximum atomic E-state index is 12.9. The molecule has 26 heavy (non-hydrogen) atoms. The molecule has 0 unspecified atom stereocenters. The summed E-state index contributed by atoms with van der Waals surface area (Å²) in [7, 11) is 0. The molecule has 2 aromatic heterocycles. The van der Waals surface area contributed by atoms with Gasteiger partial charge in [-0.05, 0) is 42.8 Å². The second-order valence-electron chi connectivity index (χ2n) is 6.75. The number of H-pyrrole nitrogens is 1. The van der Waals surface area contributed by atoms with Crippen LogP contribution in [0, 0.1) is 0 Å². The molecule has 6 heteroatoms. The minimum Gasteiger partial charge on any atom is -0.351 e. The molecule has 0 bridgehead atoms. The number of rotatable bonds is 2. The van der Waals surface area contributed by atoms with Crippen LogP contribution < -0.4 is 0 Å². The van der Waals surface area contributed by atoms with E-state index in [-0.39, 0.29) is 11.9 Å². The Kier molecular flexibility index (Phi) is 3.50. The number of fused-ring (bicyclic) bond motifs is 2. The zero-order chi connectivity index (χ0) is 17.7. The van der Waals surface area contributed by atoms with Crippen LogP contribution in [0.15, 0.2) is 54.9 Å². The Bertz CT molecular complexity index is 1130. The highest BCUT2D eigenvalue weighted by Gasteiger charge is 2.29. The van der Waals surface area contributed by atoms with E-state index in [0.717, 1.165) is 34.9 Å². The van der Waals surface area contributed by atoms with Gasteiger partial charge >= 0.3 is 0 Å². The van der Waals surface area contributed by atoms with Crippen molar-refractivity contribution >= 4 is 39.4 Å². The summed E-state index contributed by atoms with van der Waals surface area (Å²) in [5, 5.41) is 1.63. The molecule has 0 radical (unpaired) electrons. The Balaban J connectivity index is 1.40. The van der Waals surface area contributed by atoms with Crippen LogP contribution in [0.4, 0.5) is 0 Å². The topological polar surface area (TPSA) is 53.9 Å². The van der Waals surface area contributed by atoms with Gasteiger partial charge in [-0.25, -0.2) is 4.98 Å². The molecule has 4 aromatic rings. The molecule has 0 spiro atoms. The van der Waals surface area contributed by atoms with Crippen molar-refractivity contribution in [3.8, 4) is 0 Å². The Morgan fingerprint density at radius 3 is 3.00 bits per heavy atom. The summed E-state index contributed by atoms with van der Waals surface area (Å²) in [4.78, 5) is 22.5. The van der Waals surface area contributed by atoms with Gasteiger partial charge < -0.3 is 14.5 Å². The number of aromatic amines is 1. The summed E-state index contributed by atoms with van der Waals surface area (Å²) < 4.78 is 2.19. The first-order chi connectivity index (χ1) is 12.7. The maximum absolute atomic E-state index is 12.9. The van der Waals surface area contributed by atoms with Gasteiger partial charge in [0.1, 0.15) is 5.69 Å². The van der Waals surface area contributed by atoms with E-state index in [2.05, 4.69) is 20.6 Å². The van der Waals surface area contributed by atoms with Crippen LogP contribution in [-0.4, -0.2) is 38.4 Å². The Labute approximate surface area is 155 Å². The second kappa shape index (κ2) is 5.88. The molecule has 0 saturated carbocycles. The number of nitrogens with one attached hydrogen (secondary N) is 1. The van der Waals surface area contributed by atoms with Crippen LogP contribution in [0.1, 0.15) is 23.0 Å². The van der Waals surface area contributed by atoms with Gasteiger partial charge in [-0.15, -0.1) is 0 Å². The number of imidazole rings is 1. The summed E-state index contributed by atoms with van der Waals surface area (Å²) in [5.74, 6) is 0.0317. The minimum atomic E-state index is 0.0317. The summed E-state index contributed by atoms with van der Waals surface area (Å²) in [6, 6.07) is 15.8. The third-order valence-electron chi connectivity index (χ3n) is 5.14. The van der Waals surface area contributed by atoms with Gasteiger partial charge in [0, 0.05) is 29.0 Å². The molecule has 3 heterocycles. The van der Waals surface area contributed by atoms with E-state index >= 15 is 0 Å². The lowest BCUT2D eigenvalue weighted by molar-refractivity contribution is 0.0783. The maximum Gasteiger partial charge on any atom is 0.270 e. The molecule has 1 N–H and O–H groups in total. The fraction of sp³-hybridized carbons (Fsp3) is 0.200. The quantitative estimate of drug-likeness (QED) is 0.578. The van der Waals surface area contributed by atoms with Gasteiger partial charge in [0.25, 0.3) is 5.91 Å². The van der Waals surface area contributed by atoms with Gasteiger partial charge in [-0.1, -0.05) is 23.7 Å². The van der Waals surface area contributed by atoms with Gasteiger partial charge in [-0.2, -0.15) is 0 Å². The molecule has 0 aliphatic carbocycles. The monoisotopic (exact) mass is 364 g/mol. The van der Waals surface area contributed by atoms with E-state index < -0.39 is 0 Å². The van der Waals surface area contributed by atoms with E-state index in [0.29, 0.717) is 17.3 Å². The number of carbonyl (C=O) groups is 1. The van der Waals surface area contributed by atoms with Crippen molar-refractivity contribution in [3.63, 3.8) is 0 Å².